The van der Waals surface area contributed by atoms with Gasteiger partial charge in [-0.25, -0.2) is 0 Å². The van der Waals surface area contributed by atoms with Gasteiger partial charge in [0, 0.05) is 36.5 Å². The van der Waals surface area contributed by atoms with Crippen molar-refractivity contribution in [2.24, 2.45) is 0 Å². The highest BCUT2D eigenvalue weighted by Crippen LogP contribution is 2.18. The first kappa shape index (κ1) is 12.8. The Bertz CT molecular complexity index is 662. The lowest BCUT2D eigenvalue weighted by atomic mass is 10.1. The van der Waals surface area contributed by atoms with Crippen LogP contribution in [0.4, 0.5) is 5.69 Å². The number of amides is 1. The molecule has 6 heteroatoms. The molecule has 2 aromatic rings. The van der Waals surface area contributed by atoms with Crippen molar-refractivity contribution in [3.8, 4) is 0 Å². The standard InChI is InChI=1S/C14H17N5O/c1-8-3-4-11(9(2)16-8)17-14(20)13-10-7-15-6-5-12(10)18-19-13/h3-4,15H,5-7H2,1-2H3,(H,17,20)(H,18,19). The van der Waals surface area contributed by atoms with Gasteiger partial charge in [0.05, 0.1) is 11.4 Å². The molecule has 0 aromatic carbocycles. The van der Waals surface area contributed by atoms with Gasteiger partial charge >= 0.3 is 0 Å². The molecule has 1 aliphatic heterocycles. The van der Waals surface area contributed by atoms with Crippen molar-refractivity contribution in [1.29, 1.82) is 0 Å². The number of aromatic amines is 1. The quantitative estimate of drug-likeness (QED) is 0.769. The fourth-order valence-corrected chi connectivity index (χ4v) is 2.41. The predicted molar refractivity (Wildman–Crippen MR) is 75.7 cm³/mol. The summed E-state index contributed by atoms with van der Waals surface area (Å²) in [5.74, 6) is -0.194. The molecule has 1 aliphatic rings. The van der Waals surface area contributed by atoms with Gasteiger partial charge in [-0.1, -0.05) is 0 Å². The molecule has 20 heavy (non-hydrogen) atoms. The Morgan fingerprint density at radius 2 is 2.20 bits per heavy atom. The average molecular weight is 271 g/mol. The first-order valence-corrected chi connectivity index (χ1v) is 6.67. The summed E-state index contributed by atoms with van der Waals surface area (Å²) in [6.45, 7) is 5.40. The summed E-state index contributed by atoms with van der Waals surface area (Å²) < 4.78 is 0. The smallest absolute Gasteiger partial charge is 0.276 e. The van der Waals surface area contributed by atoms with Gasteiger partial charge in [0.1, 0.15) is 0 Å². The SMILES string of the molecule is Cc1ccc(NC(=O)c2n[nH]c3c2CNCC3)c(C)n1. The lowest BCUT2D eigenvalue weighted by Crippen LogP contribution is -2.25. The Morgan fingerprint density at radius 1 is 1.35 bits per heavy atom. The summed E-state index contributed by atoms with van der Waals surface area (Å²) in [5, 5.41) is 13.2. The summed E-state index contributed by atoms with van der Waals surface area (Å²) in [5.41, 5.74) is 4.94. The minimum atomic E-state index is -0.194. The number of hydrogen-bond donors (Lipinski definition) is 3. The zero-order valence-electron chi connectivity index (χ0n) is 11.6. The lowest BCUT2D eigenvalue weighted by molar-refractivity contribution is 0.102. The topological polar surface area (TPSA) is 82.7 Å². The minimum absolute atomic E-state index is 0.194. The van der Waals surface area contributed by atoms with Crippen LogP contribution < -0.4 is 10.6 Å². The van der Waals surface area contributed by atoms with E-state index in [1.165, 1.54) is 0 Å². The first-order valence-electron chi connectivity index (χ1n) is 6.67. The second kappa shape index (κ2) is 5.05. The minimum Gasteiger partial charge on any atom is -0.319 e. The van der Waals surface area contributed by atoms with Crippen molar-refractivity contribution in [3.05, 3.63) is 40.5 Å². The molecule has 0 aliphatic carbocycles. The normalized spacial score (nSPS) is 13.9. The van der Waals surface area contributed by atoms with E-state index >= 15 is 0 Å². The van der Waals surface area contributed by atoms with Gasteiger partial charge in [0.2, 0.25) is 0 Å². The monoisotopic (exact) mass is 271 g/mol. The number of nitrogens with one attached hydrogen (secondary N) is 3. The summed E-state index contributed by atoms with van der Waals surface area (Å²) in [6, 6.07) is 3.75. The van der Waals surface area contributed by atoms with E-state index < -0.39 is 0 Å². The van der Waals surface area contributed by atoms with Crippen LogP contribution in [0.15, 0.2) is 12.1 Å². The first-order chi connectivity index (χ1) is 9.65. The molecule has 2 aromatic heterocycles. The van der Waals surface area contributed by atoms with Crippen LogP contribution in [-0.2, 0) is 13.0 Å². The van der Waals surface area contributed by atoms with Gasteiger partial charge in [-0.05, 0) is 26.0 Å². The molecule has 0 spiro atoms. The van der Waals surface area contributed by atoms with E-state index in [0.29, 0.717) is 12.2 Å². The number of nitrogens with zero attached hydrogens (tertiary/aromatic N) is 2. The third-order valence-corrected chi connectivity index (χ3v) is 3.49. The number of fused-ring (bicyclic) bond motifs is 1. The number of rotatable bonds is 2. The van der Waals surface area contributed by atoms with Gasteiger partial charge in [0.25, 0.3) is 5.91 Å². The second-order valence-electron chi connectivity index (χ2n) is 5.00. The van der Waals surface area contributed by atoms with Crippen molar-refractivity contribution in [1.82, 2.24) is 20.5 Å². The molecule has 0 saturated carbocycles. The number of carbonyl (C=O) groups is 1. The highest BCUT2D eigenvalue weighted by molar-refractivity contribution is 6.04. The number of anilines is 1. The van der Waals surface area contributed by atoms with E-state index in [0.717, 1.165) is 41.3 Å². The predicted octanol–water partition coefficient (Wildman–Crippen LogP) is 1.32. The third kappa shape index (κ3) is 2.30. The molecule has 0 saturated heterocycles. The van der Waals surface area contributed by atoms with E-state index in [4.69, 9.17) is 0 Å². The average Bonchev–Trinajstić information content (AvgIpc) is 2.86. The fraction of sp³-hybridized carbons (Fsp3) is 0.357. The number of aromatic nitrogens is 3. The number of H-pyrrole nitrogens is 1. The Morgan fingerprint density at radius 3 is 3.00 bits per heavy atom. The maximum Gasteiger partial charge on any atom is 0.276 e. The molecule has 104 valence electrons. The van der Waals surface area contributed by atoms with Crippen LogP contribution >= 0.6 is 0 Å². The van der Waals surface area contributed by atoms with Gasteiger partial charge in [-0.15, -0.1) is 0 Å². The zero-order valence-corrected chi connectivity index (χ0v) is 11.6. The van der Waals surface area contributed by atoms with Crippen LogP contribution in [0.2, 0.25) is 0 Å². The van der Waals surface area contributed by atoms with Crippen molar-refractivity contribution in [3.63, 3.8) is 0 Å². The van der Waals surface area contributed by atoms with Crippen LogP contribution in [0.25, 0.3) is 0 Å². The molecule has 0 bridgehead atoms. The highest BCUT2D eigenvalue weighted by atomic mass is 16.2. The van der Waals surface area contributed by atoms with E-state index in [-0.39, 0.29) is 5.91 Å². The van der Waals surface area contributed by atoms with Crippen LogP contribution in [-0.4, -0.2) is 27.6 Å². The van der Waals surface area contributed by atoms with Crippen LogP contribution in [0.1, 0.15) is 33.1 Å². The number of aryl methyl sites for hydroxylation is 2. The molecule has 0 unspecified atom stereocenters. The molecule has 3 heterocycles. The van der Waals surface area contributed by atoms with E-state index in [9.17, 15) is 4.79 Å². The van der Waals surface area contributed by atoms with Crippen molar-refractivity contribution >= 4 is 11.6 Å². The summed E-state index contributed by atoms with van der Waals surface area (Å²) in [7, 11) is 0. The maximum atomic E-state index is 12.3. The molecule has 6 nitrogen and oxygen atoms in total. The van der Waals surface area contributed by atoms with Gasteiger partial charge in [0.15, 0.2) is 5.69 Å². The number of hydrogen-bond acceptors (Lipinski definition) is 4. The molecule has 1 amide bonds. The molecule has 0 atom stereocenters. The zero-order chi connectivity index (χ0) is 14.1. The number of carbonyl (C=O) groups excluding carboxylic acids is 1. The molecule has 3 N–H and O–H groups in total. The molecule has 0 fully saturated rings. The highest BCUT2D eigenvalue weighted by Gasteiger charge is 2.21. The third-order valence-electron chi connectivity index (χ3n) is 3.49. The molecular formula is C14H17N5O. The largest absolute Gasteiger partial charge is 0.319 e. The molecule has 3 rings (SSSR count). The van der Waals surface area contributed by atoms with E-state index in [2.05, 4.69) is 25.8 Å². The van der Waals surface area contributed by atoms with Crippen LogP contribution in [0.5, 0.6) is 0 Å². The van der Waals surface area contributed by atoms with E-state index in [1.54, 1.807) is 0 Å². The van der Waals surface area contributed by atoms with Gasteiger partial charge in [-0.3, -0.25) is 14.9 Å². The van der Waals surface area contributed by atoms with Gasteiger partial charge in [-0.2, -0.15) is 5.10 Å². The molecular weight excluding hydrogens is 254 g/mol. The summed E-state index contributed by atoms with van der Waals surface area (Å²) >= 11 is 0. The Hall–Kier alpha value is -2.21. The summed E-state index contributed by atoms with van der Waals surface area (Å²) in [6.07, 6.45) is 0.876. The van der Waals surface area contributed by atoms with Crippen molar-refractivity contribution in [2.75, 3.05) is 11.9 Å². The number of pyridine rings is 1. The Labute approximate surface area is 117 Å². The van der Waals surface area contributed by atoms with E-state index in [1.807, 2.05) is 26.0 Å². The second-order valence-corrected chi connectivity index (χ2v) is 5.00. The summed E-state index contributed by atoms with van der Waals surface area (Å²) in [4.78, 5) is 16.7. The molecule has 0 radical (unpaired) electrons. The Balaban J connectivity index is 1.84. The van der Waals surface area contributed by atoms with Crippen LogP contribution in [0, 0.1) is 13.8 Å². The Kier molecular flexibility index (Phi) is 3.23. The maximum absolute atomic E-state index is 12.3. The fourth-order valence-electron chi connectivity index (χ4n) is 2.41. The van der Waals surface area contributed by atoms with Crippen molar-refractivity contribution in [2.45, 2.75) is 26.8 Å². The lowest BCUT2D eigenvalue weighted by Gasteiger charge is -2.13. The van der Waals surface area contributed by atoms with Crippen LogP contribution in [0.3, 0.4) is 0 Å². The van der Waals surface area contributed by atoms with Gasteiger partial charge < -0.3 is 10.6 Å². The van der Waals surface area contributed by atoms with Crippen molar-refractivity contribution < 1.29 is 4.79 Å².